The lowest BCUT2D eigenvalue weighted by Crippen LogP contribution is -2.03. The van der Waals surface area contributed by atoms with Crippen LogP contribution in [0.4, 0.5) is 5.00 Å². The van der Waals surface area contributed by atoms with Crippen molar-refractivity contribution in [2.45, 2.75) is 38.0 Å². The SMILES string of the molecule is COc1cccc(Cl)c1-c1nc(C2CCCCC2)sc1N. The van der Waals surface area contributed by atoms with E-state index < -0.39 is 0 Å². The Labute approximate surface area is 134 Å². The van der Waals surface area contributed by atoms with Crippen molar-refractivity contribution in [3.8, 4) is 17.0 Å². The summed E-state index contributed by atoms with van der Waals surface area (Å²) in [5.41, 5.74) is 7.78. The first-order valence-electron chi connectivity index (χ1n) is 7.29. The number of benzene rings is 1. The Bertz CT molecular complexity index is 635. The van der Waals surface area contributed by atoms with Crippen LogP contribution in [-0.4, -0.2) is 12.1 Å². The highest BCUT2D eigenvalue weighted by Crippen LogP contribution is 2.44. The van der Waals surface area contributed by atoms with E-state index in [1.54, 1.807) is 18.4 Å². The van der Waals surface area contributed by atoms with Crippen molar-refractivity contribution >= 4 is 27.9 Å². The molecular formula is C16H19ClN2OS. The molecule has 1 aliphatic rings. The Morgan fingerprint density at radius 2 is 2.05 bits per heavy atom. The number of ether oxygens (including phenoxy) is 1. The van der Waals surface area contributed by atoms with Crippen LogP contribution in [0.5, 0.6) is 5.75 Å². The molecular weight excluding hydrogens is 304 g/mol. The highest BCUT2D eigenvalue weighted by molar-refractivity contribution is 7.16. The van der Waals surface area contributed by atoms with Crippen molar-refractivity contribution in [1.29, 1.82) is 0 Å². The number of halogens is 1. The van der Waals surface area contributed by atoms with Gasteiger partial charge in [-0.25, -0.2) is 4.98 Å². The second-order valence-corrected chi connectivity index (χ2v) is 6.89. The van der Waals surface area contributed by atoms with Gasteiger partial charge in [-0.15, -0.1) is 11.3 Å². The maximum absolute atomic E-state index is 6.34. The zero-order valence-electron chi connectivity index (χ0n) is 12.1. The molecule has 1 aromatic carbocycles. The highest BCUT2D eigenvalue weighted by atomic mass is 35.5. The quantitative estimate of drug-likeness (QED) is 0.855. The minimum atomic E-state index is 0.549. The van der Waals surface area contributed by atoms with Gasteiger partial charge in [0.05, 0.1) is 22.7 Å². The van der Waals surface area contributed by atoms with Crippen LogP contribution in [0.3, 0.4) is 0 Å². The van der Waals surface area contributed by atoms with E-state index in [1.165, 1.54) is 32.1 Å². The first kappa shape index (κ1) is 14.7. The fourth-order valence-electron chi connectivity index (χ4n) is 2.96. The van der Waals surface area contributed by atoms with Crippen LogP contribution in [0.1, 0.15) is 43.0 Å². The Kier molecular flexibility index (Phi) is 4.36. The summed E-state index contributed by atoms with van der Waals surface area (Å²) in [6.07, 6.45) is 6.34. The third-order valence-electron chi connectivity index (χ3n) is 4.06. The Morgan fingerprint density at radius 3 is 2.76 bits per heavy atom. The predicted molar refractivity (Wildman–Crippen MR) is 89.4 cm³/mol. The molecule has 21 heavy (non-hydrogen) atoms. The summed E-state index contributed by atoms with van der Waals surface area (Å²) in [4.78, 5) is 4.80. The number of hydrogen-bond donors (Lipinski definition) is 1. The van der Waals surface area contributed by atoms with Gasteiger partial charge in [0.2, 0.25) is 0 Å². The van der Waals surface area contributed by atoms with Crippen molar-refractivity contribution in [3.05, 3.63) is 28.2 Å². The maximum atomic E-state index is 6.34. The zero-order valence-corrected chi connectivity index (χ0v) is 13.6. The number of hydrogen-bond acceptors (Lipinski definition) is 4. The van der Waals surface area contributed by atoms with Gasteiger partial charge in [0.1, 0.15) is 16.4 Å². The van der Waals surface area contributed by atoms with Gasteiger partial charge < -0.3 is 10.5 Å². The third-order valence-corrected chi connectivity index (χ3v) is 5.42. The molecule has 0 saturated heterocycles. The summed E-state index contributed by atoms with van der Waals surface area (Å²) in [6.45, 7) is 0. The van der Waals surface area contributed by atoms with E-state index in [0.29, 0.717) is 10.9 Å². The van der Waals surface area contributed by atoms with Crippen LogP contribution in [0.2, 0.25) is 5.02 Å². The van der Waals surface area contributed by atoms with Gasteiger partial charge in [0.25, 0.3) is 0 Å². The lowest BCUT2D eigenvalue weighted by atomic mass is 9.90. The molecule has 0 bridgehead atoms. The molecule has 0 atom stereocenters. The molecule has 0 radical (unpaired) electrons. The van der Waals surface area contributed by atoms with Gasteiger partial charge in [0, 0.05) is 5.92 Å². The summed E-state index contributed by atoms with van der Waals surface area (Å²) < 4.78 is 5.41. The van der Waals surface area contributed by atoms with Crippen molar-refractivity contribution in [3.63, 3.8) is 0 Å². The molecule has 1 fully saturated rings. The largest absolute Gasteiger partial charge is 0.496 e. The lowest BCUT2D eigenvalue weighted by molar-refractivity contribution is 0.416. The summed E-state index contributed by atoms with van der Waals surface area (Å²) in [5, 5.41) is 2.49. The minimum absolute atomic E-state index is 0.549. The molecule has 0 unspecified atom stereocenters. The van der Waals surface area contributed by atoms with E-state index in [4.69, 9.17) is 27.1 Å². The molecule has 112 valence electrons. The number of nitrogens with zero attached hydrogens (tertiary/aromatic N) is 1. The fraction of sp³-hybridized carbons (Fsp3) is 0.438. The molecule has 5 heteroatoms. The van der Waals surface area contributed by atoms with Crippen LogP contribution >= 0.6 is 22.9 Å². The summed E-state index contributed by atoms with van der Waals surface area (Å²) >= 11 is 7.93. The van der Waals surface area contributed by atoms with Crippen LogP contribution in [0.25, 0.3) is 11.3 Å². The Balaban J connectivity index is 2.01. The highest BCUT2D eigenvalue weighted by Gasteiger charge is 2.23. The monoisotopic (exact) mass is 322 g/mol. The summed E-state index contributed by atoms with van der Waals surface area (Å²) in [6, 6.07) is 5.61. The van der Waals surface area contributed by atoms with Gasteiger partial charge in [0.15, 0.2) is 0 Å². The molecule has 3 rings (SSSR count). The fourth-order valence-corrected chi connectivity index (χ4v) is 4.22. The van der Waals surface area contributed by atoms with Crippen LogP contribution in [0.15, 0.2) is 18.2 Å². The summed E-state index contributed by atoms with van der Waals surface area (Å²) in [5.74, 6) is 1.27. The van der Waals surface area contributed by atoms with E-state index in [0.717, 1.165) is 27.0 Å². The van der Waals surface area contributed by atoms with E-state index in [-0.39, 0.29) is 0 Å². The Hall–Kier alpha value is -1.26. The second-order valence-electron chi connectivity index (χ2n) is 5.42. The van der Waals surface area contributed by atoms with E-state index >= 15 is 0 Å². The van der Waals surface area contributed by atoms with Gasteiger partial charge in [-0.05, 0) is 25.0 Å². The van der Waals surface area contributed by atoms with E-state index in [2.05, 4.69) is 0 Å². The number of aromatic nitrogens is 1. The van der Waals surface area contributed by atoms with Crippen LogP contribution in [0, 0.1) is 0 Å². The van der Waals surface area contributed by atoms with Gasteiger partial charge in [-0.1, -0.05) is 36.9 Å². The smallest absolute Gasteiger partial charge is 0.129 e. The lowest BCUT2D eigenvalue weighted by Gasteiger charge is -2.18. The molecule has 1 heterocycles. The molecule has 1 saturated carbocycles. The topological polar surface area (TPSA) is 48.1 Å². The standard InChI is InChI=1S/C16H19ClN2OS/c1-20-12-9-5-8-11(17)13(12)14-15(18)21-16(19-14)10-6-3-2-4-7-10/h5,8-10H,2-4,6-7,18H2,1H3. The molecule has 0 aliphatic heterocycles. The zero-order chi connectivity index (χ0) is 14.8. The van der Waals surface area contributed by atoms with Crippen molar-refractivity contribution in [2.24, 2.45) is 0 Å². The minimum Gasteiger partial charge on any atom is -0.496 e. The molecule has 0 spiro atoms. The number of nitrogen functional groups attached to an aromatic ring is 1. The number of rotatable bonds is 3. The van der Waals surface area contributed by atoms with Crippen molar-refractivity contribution in [2.75, 3.05) is 12.8 Å². The molecule has 1 aromatic heterocycles. The first-order chi connectivity index (χ1) is 10.2. The normalized spacial score (nSPS) is 16.1. The molecule has 0 amide bonds. The molecule has 2 aromatic rings. The first-order valence-corrected chi connectivity index (χ1v) is 8.49. The third kappa shape index (κ3) is 2.87. The van der Waals surface area contributed by atoms with Crippen molar-refractivity contribution < 1.29 is 4.74 Å². The predicted octanol–water partition coefficient (Wildman–Crippen LogP) is 5.10. The summed E-state index contributed by atoms with van der Waals surface area (Å²) in [7, 11) is 1.64. The number of thiazole rings is 1. The molecule has 1 aliphatic carbocycles. The average Bonchev–Trinajstić information content (AvgIpc) is 2.89. The Morgan fingerprint density at radius 1 is 1.29 bits per heavy atom. The van der Waals surface area contributed by atoms with Gasteiger partial charge >= 0.3 is 0 Å². The van der Waals surface area contributed by atoms with Crippen LogP contribution < -0.4 is 10.5 Å². The van der Waals surface area contributed by atoms with Crippen LogP contribution in [-0.2, 0) is 0 Å². The molecule has 2 N–H and O–H groups in total. The average molecular weight is 323 g/mol. The second kappa shape index (κ2) is 6.24. The van der Waals surface area contributed by atoms with E-state index in [1.807, 2.05) is 18.2 Å². The number of nitrogens with two attached hydrogens (primary N) is 1. The van der Waals surface area contributed by atoms with E-state index in [9.17, 15) is 0 Å². The number of methoxy groups -OCH3 is 1. The number of anilines is 1. The maximum Gasteiger partial charge on any atom is 0.129 e. The molecule has 3 nitrogen and oxygen atoms in total. The van der Waals surface area contributed by atoms with Crippen molar-refractivity contribution in [1.82, 2.24) is 4.98 Å². The van der Waals surface area contributed by atoms with Gasteiger partial charge in [-0.2, -0.15) is 0 Å². The van der Waals surface area contributed by atoms with Gasteiger partial charge in [-0.3, -0.25) is 0 Å².